The molecule has 2 rings (SSSR count). The number of hydrogen-bond acceptors (Lipinski definition) is 4. The van der Waals surface area contributed by atoms with Gasteiger partial charge < -0.3 is 14.4 Å². The van der Waals surface area contributed by atoms with E-state index in [-0.39, 0.29) is 23.6 Å². The monoisotopic (exact) mass is 351 g/mol. The van der Waals surface area contributed by atoms with Crippen LogP contribution in [0.3, 0.4) is 0 Å². The van der Waals surface area contributed by atoms with Gasteiger partial charge in [-0.25, -0.2) is 9.18 Å². The number of halogens is 1. The normalized spacial score (nSPS) is 20.9. The molecule has 1 aromatic carbocycles. The number of hydrogen-bond donors (Lipinski definition) is 0. The molecule has 0 radical (unpaired) electrons. The third-order valence-electron chi connectivity index (χ3n) is 4.15. The maximum Gasteiger partial charge on any atom is 0.410 e. The number of rotatable bonds is 3. The molecule has 5 nitrogen and oxygen atoms in total. The molecule has 1 amide bonds. The average molecular weight is 351 g/mol. The number of benzene rings is 1. The summed E-state index contributed by atoms with van der Waals surface area (Å²) >= 11 is 0. The minimum Gasteiger partial charge on any atom is -0.466 e. The highest BCUT2D eigenvalue weighted by Crippen LogP contribution is 2.34. The number of likely N-dealkylation sites (tertiary alicyclic amines) is 1. The van der Waals surface area contributed by atoms with Gasteiger partial charge in [0.25, 0.3) is 0 Å². The first kappa shape index (κ1) is 19.2. The van der Waals surface area contributed by atoms with E-state index in [1.54, 1.807) is 24.0 Å². The second kappa shape index (κ2) is 7.85. The molecule has 138 valence electrons. The van der Waals surface area contributed by atoms with Crippen LogP contribution in [-0.2, 0) is 14.3 Å². The summed E-state index contributed by atoms with van der Waals surface area (Å²) in [5.41, 5.74) is 0.230. The van der Waals surface area contributed by atoms with Gasteiger partial charge in [-0.15, -0.1) is 0 Å². The summed E-state index contributed by atoms with van der Waals surface area (Å²) in [7, 11) is 0. The first-order chi connectivity index (χ1) is 11.7. The van der Waals surface area contributed by atoms with Crippen molar-refractivity contribution in [2.45, 2.75) is 45.6 Å². The van der Waals surface area contributed by atoms with Crippen LogP contribution in [0.4, 0.5) is 9.18 Å². The van der Waals surface area contributed by atoms with Crippen LogP contribution in [0.5, 0.6) is 0 Å². The van der Waals surface area contributed by atoms with Crippen molar-refractivity contribution in [3.8, 4) is 0 Å². The molecule has 1 saturated heterocycles. The molecule has 0 spiro atoms. The van der Waals surface area contributed by atoms with Crippen molar-refractivity contribution >= 4 is 12.1 Å². The third-order valence-corrected chi connectivity index (χ3v) is 4.15. The van der Waals surface area contributed by atoms with E-state index >= 15 is 0 Å². The summed E-state index contributed by atoms with van der Waals surface area (Å²) in [6, 6.07) is 6.05. The van der Waals surface area contributed by atoms with Crippen molar-refractivity contribution in [1.82, 2.24) is 4.90 Å². The Hall–Kier alpha value is -2.11. The van der Waals surface area contributed by atoms with Crippen LogP contribution in [0.15, 0.2) is 24.3 Å². The lowest BCUT2D eigenvalue weighted by molar-refractivity contribution is -0.150. The standard InChI is InChI=1S/C19H26FNO4/c1-5-24-17(22)15-10-11-21(18(23)25-19(2,3)4)12-16(15)13-6-8-14(20)9-7-13/h6-9,15-16H,5,10-12H2,1-4H3/t15-,16-/m0/s1. The molecular weight excluding hydrogens is 325 g/mol. The smallest absolute Gasteiger partial charge is 0.410 e. The molecule has 0 N–H and O–H groups in total. The van der Waals surface area contributed by atoms with Crippen LogP contribution in [0.25, 0.3) is 0 Å². The lowest BCUT2D eigenvalue weighted by Gasteiger charge is -2.38. The first-order valence-corrected chi connectivity index (χ1v) is 8.61. The molecule has 0 aromatic heterocycles. The van der Waals surface area contributed by atoms with E-state index in [0.717, 1.165) is 5.56 Å². The quantitative estimate of drug-likeness (QED) is 0.779. The molecule has 25 heavy (non-hydrogen) atoms. The highest BCUT2D eigenvalue weighted by molar-refractivity contribution is 5.75. The van der Waals surface area contributed by atoms with E-state index in [4.69, 9.17) is 9.47 Å². The number of piperidine rings is 1. The maximum atomic E-state index is 13.2. The Kier molecular flexibility index (Phi) is 6.03. The second-order valence-corrected chi connectivity index (χ2v) is 7.23. The molecule has 1 aliphatic heterocycles. The van der Waals surface area contributed by atoms with Gasteiger partial charge in [-0.1, -0.05) is 12.1 Å². The van der Waals surface area contributed by atoms with Gasteiger partial charge in [0.2, 0.25) is 0 Å². The van der Waals surface area contributed by atoms with E-state index in [1.165, 1.54) is 12.1 Å². The van der Waals surface area contributed by atoms with Crippen molar-refractivity contribution in [3.63, 3.8) is 0 Å². The number of nitrogens with zero attached hydrogens (tertiary/aromatic N) is 1. The molecule has 0 bridgehead atoms. The second-order valence-electron chi connectivity index (χ2n) is 7.23. The molecule has 1 aromatic rings. The summed E-state index contributed by atoms with van der Waals surface area (Å²) < 4.78 is 23.9. The first-order valence-electron chi connectivity index (χ1n) is 8.61. The molecule has 0 aliphatic carbocycles. The Bertz CT molecular complexity index is 609. The highest BCUT2D eigenvalue weighted by Gasteiger charge is 2.38. The molecule has 1 aliphatic rings. The zero-order valence-corrected chi connectivity index (χ0v) is 15.3. The number of ether oxygens (including phenoxy) is 2. The molecule has 1 heterocycles. The Morgan fingerprint density at radius 1 is 1.24 bits per heavy atom. The van der Waals surface area contributed by atoms with Crippen LogP contribution in [-0.4, -0.2) is 42.3 Å². The van der Waals surface area contributed by atoms with Crippen LogP contribution in [0.2, 0.25) is 0 Å². The lowest BCUT2D eigenvalue weighted by Crippen LogP contribution is -2.47. The predicted molar refractivity (Wildman–Crippen MR) is 91.7 cm³/mol. The lowest BCUT2D eigenvalue weighted by atomic mass is 9.81. The number of carbonyl (C=O) groups is 2. The summed E-state index contributed by atoms with van der Waals surface area (Å²) in [4.78, 5) is 26.3. The predicted octanol–water partition coefficient (Wildman–Crippen LogP) is 3.73. The number of carbonyl (C=O) groups excluding carboxylic acids is 2. The van der Waals surface area contributed by atoms with Gasteiger partial charge >= 0.3 is 12.1 Å². The fourth-order valence-electron chi connectivity index (χ4n) is 3.02. The molecule has 1 fully saturated rings. The van der Waals surface area contributed by atoms with Crippen LogP contribution in [0, 0.1) is 11.7 Å². The van der Waals surface area contributed by atoms with Gasteiger partial charge in [-0.05, 0) is 51.8 Å². The molecular formula is C19H26FNO4. The maximum absolute atomic E-state index is 13.2. The fourth-order valence-corrected chi connectivity index (χ4v) is 3.02. The Morgan fingerprint density at radius 2 is 1.88 bits per heavy atom. The van der Waals surface area contributed by atoms with Crippen molar-refractivity contribution in [2.24, 2.45) is 5.92 Å². The molecule has 2 atom stereocenters. The summed E-state index contributed by atoms with van der Waals surface area (Å²) in [5, 5.41) is 0. The van der Waals surface area contributed by atoms with Gasteiger partial charge in [0.15, 0.2) is 0 Å². The van der Waals surface area contributed by atoms with Crippen molar-refractivity contribution in [3.05, 3.63) is 35.6 Å². The zero-order chi connectivity index (χ0) is 18.6. The molecule has 0 saturated carbocycles. The van der Waals surface area contributed by atoms with E-state index in [0.29, 0.717) is 26.1 Å². The van der Waals surface area contributed by atoms with Gasteiger partial charge in [-0.3, -0.25) is 4.79 Å². The van der Waals surface area contributed by atoms with Gasteiger partial charge in [0.05, 0.1) is 12.5 Å². The average Bonchev–Trinajstić information content (AvgIpc) is 2.53. The molecule has 6 heteroatoms. The fraction of sp³-hybridized carbons (Fsp3) is 0.579. The van der Waals surface area contributed by atoms with E-state index < -0.39 is 11.7 Å². The van der Waals surface area contributed by atoms with Crippen molar-refractivity contribution in [1.29, 1.82) is 0 Å². The van der Waals surface area contributed by atoms with Crippen molar-refractivity contribution < 1.29 is 23.5 Å². The Balaban J connectivity index is 2.21. The van der Waals surface area contributed by atoms with Crippen LogP contribution < -0.4 is 0 Å². The van der Waals surface area contributed by atoms with E-state index in [1.807, 2.05) is 20.8 Å². The third kappa shape index (κ3) is 5.18. The highest BCUT2D eigenvalue weighted by atomic mass is 19.1. The van der Waals surface area contributed by atoms with Gasteiger partial charge in [-0.2, -0.15) is 0 Å². The Morgan fingerprint density at radius 3 is 2.44 bits per heavy atom. The van der Waals surface area contributed by atoms with Gasteiger partial charge in [0.1, 0.15) is 11.4 Å². The summed E-state index contributed by atoms with van der Waals surface area (Å²) in [6.45, 7) is 8.27. The summed E-state index contributed by atoms with van der Waals surface area (Å²) in [5.74, 6) is -1.22. The SMILES string of the molecule is CCOC(=O)[C@H]1CCN(C(=O)OC(C)(C)C)C[C@H]1c1ccc(F)cc1. The number of amides is 1. The van der Waals surface area contributed by atoms with Gasteiger partial charge in [0, 0.05) is 19.0 Å². The zero-order valence-electron chi connectivity index (χ0n) is 15.3. The topological polar surface area (TPSA) is 55.8 Å². The Labute approximate surface area is 148 Å². The molecule has 0 unspecified atom stereocenters. The van der Waals surface area contributed by atoms with E-state index in [9.17, 15) is 14.0 Å². The largest absolute Gasteiger partial charge is 0.466 e. The van der Waals surface area contributed by atoms with Crippen LogP contribution in [0.1, 0.15) is 45.6 Å². The number of esters is 1. The minimum atomic E-state index is -0.583. The van der Waals surface area contributed by atoms with E-state index in [2.05, 4.69) is 0 Å². The minimum absolute atomic E-state index is 0.249. The van der Waals surface area contributed by atoms with Crippen LogP contribution >= 0.6 is 0 Å². The summed E-state index contributed by atoms with van der Waals surface area (Å²) in [6.07, 6.45) is 0.0852. The van der Waals surface area contributed by atoms with Crippen molar-refractivity contribution in [2.75, 3.05) is 19.7 Å².